The zero-order valence-corrected chi connectivity index (χ0v) is 5.22. The standard InChI is InChI=1S/C4H4N2O5/c7-2-5-4(9,1-11-10)6-3-8/h9-10H,1H2. The maximum atomic E-state index is 9.59. The highest BCUT2D eigenvalue weighted by Gasteiger charge is 2.25. The monoisotopic (exact) mass is 160 g/mol. The number of rotatable bonds is 4. The van der Waals surface area contributed by atoms with Gasteiger partial charge in [-0.05, 0) is 0 Å². The Hall–Kier alpha value is -1.36. The van der Waals surface area contributed by atoms with Crippen molar-refractivity contribution in [2.24, 2.45) is 9.98 Å². The topological polar surface area (TPSA) is 109 Å². The molecule has 0 saturated heterocycles. The van der Waals surface area contributed by atoms with Crippen molar-refractivity contribution >= 4 is 12.2 Å². The molecule has 0 unspecified atom stereocenters. The zero-order valence-electron chi connectivity index (χ0n) is 5.22. The number of nitrogens with zero attached hydrogens (tertiary/aromatic N) is 2. The molecule has 7 heteroatoms. The minimum atomic E-state index is -2.42. The quantitative estimate of drug-likeness (QED) is 0.232. The number of aliphatic hydroxyl groups is 1. The molecule has 0 aliphatic rings. The molecule has 0 aliphatic carbocycles. The molecule has 0 bridgehead atoms. The molecule has 2 N–H and O–H groups in total. The van der Waals surface area contributed by atoms with Crippen LogP contribution in [0.1, 0.15) is 0 Å². The fourth-order valence-electron chi connectivity index (χ4n) is 0.322. The summed E-state index contributed by atoms with van der Waals surface area (Å²) in [5.41, 5.74) is 0. The summed E-state index contributed by atoms with van der Waals surface area (Å²) in [6.45, 7) is -0.836. The first kappa shape index (κ1) is 9.64. The van der Waals surface area contributed by atoms with Crippen LogP contribution in [0.4, 0.5) is 0 Å². The summed E-state index contributed by atoms with van der Waals surface area (Å²) in [5.74, 6) is -2.42. The molecule has 0 saturated carbocycles. The number of hydrogen-bond acceptors (Lipinski definition) is 7. The van der Waals surface area contributed by atoms with Gasteiger partial charge in [0.1, 0.15) is 0 Å². The van der Waals surface area contributed by atoms with Crippen molar-refractivity contribution in [2.45, 2.75) is 5.85 Å². The van der Waals surface area contributed by atoms with Crippen molar-refractivity contribution in [3.63, 3.8) is 0 Å². The van der Waals surface area contributed by atoms with Gasteiger partial charge in [-0.15, -0.1) is 9.98 Å². The van der Waals surface area contributed by atoms with Gasteiger partial charge in [-0.2, -0.15) is 0 Å². The van der Waals surface area contributed by atoms with E-state index in [1.807, 2.05) is 0 Å². The predicted molar refractivity (Wildman–Crippen MR) is 29.8 cm³/mol. The Balaban J connectivity index is 4.49. The molecule has 0 fully saturated rings. The van der Waals surface area contributed by atoms with Crippen molar-refractivity contribution < 1.29 is 24.8 Å². The van der Waals surface area contributed by atoms with Gasteiger partial charge in [0.25, 0.3) is 0 Å². The van der Waals surface area contributed by atoms with Gasteiger partial charge in [0, 0.05) is 0 Å². The summed E-state index contributed by atoms with van der Waals surface area (Å²) in [6, 6.07) is 0. The average molecular weight is 160 g/mol. The van der Waals surface area contributed by atoms with E-state index < -0.39 is 12.5 Å². The molecular formula is C4H4N2O5. The summed E-state index contributed by atoms with van der Waals surface area (Å²) in [5, 5.41) is 16.7. The van der Waals surface area contributed by atoms with Gasteiger partial charge in [0.15, 0.2) is 6.61 Å². The summed E-state index contributed by atoms with van der Waals surface area (Å²) in [4.78, 5) is 27.9. The minimum absolute atomic E-state index is 0.836. The molecule has 0 amide bonds. The fraction of sp³-hybridized carbons (Fsp3) is 0.500. The van der Waals surface area contributed by atoms with Gasteiger partial charge in [-0.1, -0.05) is 0 Å². The number of carbonyl (C=O) groups excluding carboxylic acids is 2. The summed E-state index contributed by atoms with van der Waals surface area (Å²) >= 11 is 0. The van der Waals surface area contributed by atoms with Crippen LogP contribution in [0, 0.1) is 0 Å². The van der Waals surface area contributed by atoms with E-state index >= 15 is 0 Å². The highest BCUT2D eigenvalue weighted by Crippen LogP contribution is 2.06. The Bertz CT molecular complexity index is 197. The molecule has 11 heavy (non-hydrogen) atoms. The lowest BCUT2D eigenvalue weighted by Gasteiger charge is -2.10. The molecule has 0 aromatic carbocycles. The normalized spacial score (nSPS) is 14.0. The molecule has 0 aliphatic heterocycles. The third kappa shape index (κ3) is 3.36. The lowest BCUT2D eigenvalue weighted by molar-refractivity contribution is -0.270. The van der Waals surface area contributed by atoms with E-state index in [9.17, 15) is 9.59 Å². The second-order valence-electron chi connectivity index (χ2n) is 1.45. The Morgan fingerprint density at radius 1 is 1.36 bits per heavy atom. The largest absolute Gasteiger partial charge is 0.348 e. The van der Waals surface area contributed by atoms with Crippen molar-refractivity contribution in [2.75, 3.05) is 6.61 Å². The molecule has 0 heterocycles. The second kappa shape index (κ2) is 4.45. The maximum Gasteiger partial charge on any atom is 0.302 e. The lowest BCUT2D eigenvalue weighted by atomic mass is 10.5. The predicted octanol–water partition coefficient (Wildman–Crippen LogP) is -1.21. The third-order valence-corrected chi connectivity index (χ3v) is 0.708. The molecular weight excluding hydrogens is 156 g/mol. The van der Waals surface area contributed by atoms with Crippen LogP contribution in [-0.2, 0) is 14.5 Å². The molecule has 7 nitrogen and oxygen atoms in total. The van der Waals surface area contributed by atoms with Crippen molar-refractivity contribution in [1.29, 1.82) is 0 Å². The van der Waals surface area contributed by atoms with Gasteiger partial charge < -0.3 is 5.11 Å². The molecule has 0 radical (unpaired) electrons. The molecule has 0 spiro atoms. The molecule has 0 aromatic heterocycles. The van der Waals surface area contributed by atoms with Crippen LogP contribution < -0.4 is 0 Å². The van der Waals surface area contributed by atoms with Crippen LogP contribution >= 0.6 is 0 Å². The van der Waals surface area contributed by atoms with Gasteiger partial charge in [-0.3, -0.25) is 5.26 Å². The van der Waals surface area contributed by atoms with Gasteiger partial charge in [0.05, 0.1) is 0 Å². The van der Waals surface area contributed by atoms with Crippen molar-refractivity contribution in [3.8, 4) is 0 Å². The Morgan fingerprint density at radius 2 is 1.82 bits per heavy atom. The van der Waals surface area contributed by atoms with E-state index in [0.29, 0.717) is 0 Å². The zero-order chi connectivity index (χ0) is 8.74. The summed E-state index contributed by atoms with van der Waals surface area (Å²) in [7, 11) is 0. The Kier molecular flexibility index (Phi) is 3.90. The van der Waals surface area contributed by atoms with Crippen LogP contribution in [0.15, 0.2) is 9.98 Å². The molecule has 0 aromatic rings. The van der Waals surface area contributed by atoms with Gasteiger partial charge >= 0.3 is 5.85 Å². The minimum Gasteiger partial charge on any atom is -0.348 e. The number of hydrogen-bond donors (Lipinski definition) is 2. The SMILES string of the molecule is O=C=NC(O)(COO)N=C=O. The lowest BCUT2D eigenvalue weighted by Crippen LogP contribution is -2.28. The fourth-order valence-corrected chi connectivity index (χ4v) is 0.322. The van der Waals surface area contributed by atoms with Gasteiger partial charge in [-0.25, -0.2) is 14.5 Å². The van der Waals surface area contributed by atoms with Crippen LogP contribution in [-0.4, -0.2) is 35.0 Å². The first-order valence-corrected chi connectivity index (χ1v) is 2.35. The summed E-state index contributed by atoms with van der Waals surface area (Å²) < 4.78 is 0. The maximum absolute atomic E-state index is 9.59. The van der Waals surface area contributed by atoms with E-state index in [-0.39, 0.29) is 0 Å². The van der Waals surface area contributed by atoms with Crippen LogP contribution in [0.3, 0.4) is 0 Å². The molecule has 60 valence electrons. The first-order chi connectivity index (χ1) is 5.18. The molecule has 0 atom stereocenters. The smallest absolute Gasteiger partial charge is 0.302 e. The van der Waals surface area contributed by atoms with E-state index in [2.05, 4.69) is 14.9 Å². The Labute approximate surface area is 60.6 Å². The molecule has 0 rings (SSSR count). The average Bonchev–Trinajstić information content (AvgIpc) is 1.88. The van der Waals surface area contributed by atoms with Crippen molar-refractivity contribution in [3.05, 3.63) is 0 Å². The Morgan fingerprint density at radius 3 is 2.09 bits per heavy atom. The van der Waals surface area contributed by atoms with Crippen LogP contribution in [0.5, 0.6) is 0 Å². The van der Waals surface area contributed by atoms with Gasteiger partial charge in [0.2, 0.25) is 12.2 Å². The third-order valence-electron chi connectivity index (χ3n) is 0.708. The van der Waals surface area contributed by atoms with E-state index in [4.69, 9.17) is 10.4 Å². The first-order valence-electron chi connectivity index (χ1n) is 2.35. The van der Waals surface area contributed by atoms with Crippen LogP contribution in [0.25, 0.3) is 0 Å². The number of isocyanates is 2. The highest BCUT2D eigenvalue weighted by atomic mass is 17.1. The van der Waals surface area contributed by atoms with E-state index in [1.165, 1.54) is 0 Å². The highest BCUT2D eigenvalue weighted by molar-refractivity contribution is 5.37. The second-order valence-corrected chi connectivity index (χ2v) is 1.45. The van der Waals surface area contributed by atoms with Crippen LogP contribution in [0.2, 0.25) is 0 Å². The number of aliphatic imine (C=N–C) groups is 2. The summed E-state index contributed by atoms with van der Waals surface area (Å²) in [6.07, 6.45) is 1.88. The van der Waals surface area contributed by atoms with E-state index in [0.717, 1.165) is 12.2 Å². The van der Waals surface area contributed by atoms with E-state index in [1.54, 1.807) is 0 Å². The van der Waals surface area contributed by atoms with Crippen molar-refractivity contribution in [1.82, 2.24) is 0 Å².